The fraction of sp³-hybridized carbons (Fsp3) is 0.222. The normalized spacial score (nSPS) is 11.0. The summed E-state index contributed by atoms with van der Waals surface area (Å²) in [6.45, 7) is 0.403. The van der Waals surface area contributed by atoms with Crippen LogP contribution in [0.2, 0.25) is 0 Å². The molecule has 0 atom stereocenters. The Kier molecular flexibility index (Phi) is 6.19. The van der Waals surface area contributed by atoms with E-state index in [0.717, 1.165) is 5.56 Å². The van der Waals surface area contributed by atoms with Crippen LogP contribution in [0.5, 0.6) is 11.5 Å². The molecule has 6 heteroatoms. The van der Waals surface area contributed by atoms with Gasteiger partial charge in [0, 0.05) is 12.1 Å². The van der Waals surface area contributed by atoms with Gasteiger partial charge in [-0.15, -0.1) is 0 Å². The molecule has 0 saturated carbocycles. The summed E-state index contributed by atoms with van der Waals surface area (Å²) in [5.74, 6) is 0.872. The first-order valence-corrected chi connectivity index (χ1v) is 7.46. The van der Waals surface area contributed by atoms with Crippen molar-refractivity contribution in [2.45, 2.75) is 6.42 Å². The summed E-state index contributed by atoms with van der Waals surface area (Å²) >= 11 is 0. The molecule has 2 aromatic carbocycles. The first-order chi connectivity index (χ1) is 11.7. The van der Waals surface area contributed by atoms with Crippen molar-refractivity contribution < 1.29 is 19.5 Å². The molecule has 0 unspecified atom stereocenters. The lowest BCUT2D eigenvalue weighted by molar-refractivity contribution is -0.114. The molecule has 24 heavy (non-hydrogen) atoms. The van der Waals surface area contributed by atoms with E-state index in [1.165, 1.54) is 0 Å². The minimum atomic E-state index is -0.427. The van der Waals surface area contributed by atoms with Gasteiger partial charge in [-0.1, -0.05) is 41.6 Å². The Labute approximate surface area is 140 Å². The molecule has 0 aliphatic heterocycles. The Hall–Kier alpha value is -3.02. The number of nitrogens with zero attached hydrogens (tertiary/aromatic N) is 1. The number of benzene rings is 2. The van der Waals surface area contributed by atoms with E-state index in [1.807, 2.05) is 24.3 Å². The maximum absolute atomic E-state index is 12.1. The van der Waals surface area contributed by atoms with Crippen molar-refractivity contribution in [1.82, 2.24) is 5.32 Å². The van der Waals surface area contributed by atoms with E-state index in [4.69, 9.17) is 14.7 Å². The summed E-state index contributed by atoms with van der Waals surface area (Å²) in [5.41, 5.74) is 1.54. The van der Waals surface area contributed by atoms with Crippen molar-refractivity contribution in [2.75, 3.05) is 20.8 Å². The van der Waals surface area contributed by atoms with E-state index in [1.54, 1.807) is 38.5 Å². The molecule has 6 nitrogen and oxygen atoms in total. The Bertz CT molecular complexity index is 714. The van der Waals surface area contributed by atoms with Crippen molar-refractivity contribution in [3.63, 3.8) is 0 Å². The van der Waals surface area contributed by atoms with Crippen molar-refractivity contribution in [2.24, 2.45) is 5.16 Å². The van der Waals surface area contributed by atoms with Gasteiger partial charge in [-0.3, -0.25) is 4.79 Å². The fourth-order valence-corrected chi connectivity index (χ4v) is 2.27. The lowest BCUT2D eigenvalue weighted by atomic mass is 10.1. The maximum atomic E-state index is 12.1. The number of carbonyl (C=O) groups excluding carboxylic acids is 1. The van der Waals surface area contributed by atoms with Gasteiger partial charge in [-0.2, -0.15) is 0 Å². The second-order valence-corrected chi connectivity index (χ2v) is 5.01. The van der Waals surface area contributed by atoms with Gasteiger partial charge in [0.05, 0.1) is 14.2 Å². The van der Waals surface area contributed by atoms with E-state index in [9.17, 15) is 4.79 Å². The zero-order valence-corrected chi connectivity index (χ0v) is 13.7. The van der Waals surface area contributed by atoms with Gasteiger partial charge in [-0.25, -0.2) is 0 Å². The SMILES string of the molecule is COc1ccc(CCNC(=O)/C(=N/O)c2ccccc2)cc1OC. The third kappa shape index (κ3) is 4.25. The molecule has 0 heterocycles. The topological polar surface area (TPSA) is 80.2 Å². The standard InChI is InChI=1S/C18H20N2O4/c1-23-15-9-8-13(12-16(15)24-2)10-11-19-18(21)17(20-22)14-6-4-3-5-7-14/h3-9,12,22H,10-11H2,1-2H3,(H,19,21)/b20-17+. The Morgan fingerprint density at radius 1 is 1.08 bits per heavy atom. The van der Waals surface area contributed by atoms with Gasteiger partial charge in [0.1, 0.15) is 0 Å². The molecule has 2 aromatic rings. The second-order valence-electron chi connectivity index (χ2n) is 5.01. The maximum Gasteiger partial charge on any atom is 0.273 e. The lowest BCUT2D eigenvalue weighted by Crippen LogP contribution is -2.33. The van der Waals surface area contributed by atoms with Crippen molar-refractivity contribution in [3.05, 3.63) is 59.7 Å². The molecule has 126 valence electrons. The van der Waals surface area contributed by atoms with E-state index in [2.05, 4.69) is 10.5 Å². The van der Waals surface area contributed by atoms with Crippen LogP contribution in [-0.2, 0) is 11.2 Å². The molecule has 2 N–H and O–H groups in total. The third-order valence-corrected chi connectivity index (χ3v) is 3.51. The third-order valence-electron chi connectivity index (χ3n) is 3.51. The highest BCUT2D eigenvalue weighted by Crippen LogP contribution is 2.27. The molecule has 0 radical (unpaired) electrons. The number of hydrogen-bond acceptors (Lipinski definition) is 5. The summed E-state index contributed by atoms with van der Waals surface area (Å²) in [6.07, 6.45) is 0.611. The first-order valence-electron chi connectivity index (χ1n) is 7.46. The molecule has 1 amide bonds. The number of rotatable bonds is 7. The monoisotopic (exact) mass is 328 g/mol. The number of amides is 1. The molecule has 0 aromatic heterocycles. The van der Waals surface area contributed by atoms with E-state index in [0.29, 0.717) is 30.0 Å². The predicted octanol–water partition coefficient (Wildman–Crippen LogP) is 2.24. The number of oxime groups is 1. The summed E-state index contributed by atoms with van der Waals surface area (Å²) < 4.78 is 10.4. The van der Waals surface area contributed by atoms with Gasteiger partial charge < -0.3 is 20.0 Å². The highest BCUT2D eigenvalue weighted by molar-refractivity contribution is 6.45. The van der Waals surface area contributed by atoms with Crippen molar-refractivity contribution in [3.8, 4) is 11.5 Å². The molecular formula is C18H20N2O4. The predicted molar refractivity (Wildman–Crippen MR) is 91.0 cm³/mol. The van der Waals surface area contributed by atoms with Crippen LogP contribution in [-0.4, -0.2) is 37.6 Å². The zero-order valence-electron chi connectivity index (χ0n) is 13.7. The van der Waals surface area contributed by atoms with Crippen LogP contribution in [0.3, 0.4) is 0 Å². The van der Waals surface area contributed by atoms with Gasteiger partial charge in [0.25, 0.3) is 5.91 Å². The number of ether oxygens (including phenoxy) is 2. The van der Waals surface area contributed by atoms with Crippen molar-refractivity contribution >= 4 is 11.6 Å². The largest absolute Gasteiger partial charge is 0.493 e. The fourth-order valence-electron chi connectivity index (χ4n) is 2.27. The molecule has 0 spiro atoms. The Morgan fingerprint density at radius 3 is 2.42 bits per heavy atom. The first kappa shape index (κ1) is 17.3. The van der Waals surface area contributed by atoms with Crippen LogP contribution in [0.1, 0.15) is 11.1 Å². The minimum Gasteiger partial charge on any atom is -0.493 e. The van der Waals surface area contributed by atoms with Crippen LogP contribution >= 0.6 is 0 Å². The smallest absolute Gasteiger partial charge is 0.273 e. The van der Waals surface area contributed by atoms with E-state index < -0.39 is 5.91 Å². The molecule has 0 bridgehead atoms. The molecular weight excluding hydrogens is 308 g/mol. The van der Waals surface area contributed by atoms with E-state index >= 15 is 0 Å². The van der Waals surface area contributed by atoms with Crippen molar-refractivity contribution in [1.29, 1.82) is 0 Å². The Balaban J connectivity index is 1.95. The molecule has 0 aliphatic carbocycles. The number of methoxy groups -OCH3 is 2. The lowest BCUT2D eigenvalue weighted by Gasteiger charge is -2.10. The van der Waals surface area contributed by atoms with Crippen LogP contribution < -0.4 is 14.8 Å². The second kappa shape index (κ2) is 8.57. The summed E-state index contributed by atoms with van der Waals surface area (Å²) in [7, 11) is 3.16. The number of nitrogens with one attached hydrogen (secondary N) is 1. The zero-order chi connectivity index (χ0) is 17.4. The Morgan fingerprint density at radius 2 is 1.79 bits per heavy atom. The van der Waals surface area contributed by atoms with Gasteiger partial charge in [0.15, 0.2) is 17.2 Å². The highest BCUT2D eigenvalue weighted by atomic mass is 16.5. The molecule has 2 rings (SSSR count). The summed E-state index contributed by atoms with van der Waals surface area (Å²) in [4.78, 5) is 12.1. The molecule has 0 fully saturated rings. The summed E-state index contributed by atoms with van der Waals surface area (Å²) in [5, 5.41) is 14.9. The average Bonchev–Trinajstić information content (AvgIpc) is 2.63. The molecule has 0 aliphatic rings. The highest BCUT2D eigenvalue weighted by Gasteiger charge is 2.14. The average molecular weight is 328 g/mol. The quantitative estimate of drug-likeness (QED) is 0.464. The molecule has 0 saturated heterocycles. The van der Waals surface area contributed by atoms with E-state index in [-0.39, 0.29) is 5.71 Å². The summed E-state index contributed by atoms with van der Waals surface area (Å²) in [6, 6.07) is 14.4. The van der Waals surface area contributed by atoms with Crippen LogP contribution in [0.25, 0.3) is 0 Å². The van der Waals surface area contributed by atoms with Crippen LogP contribution in [0.4, 0.5) is 0 Å². The number of carbonyl (C=O) groups is 1. The van der Waals surface area contributed by atoms with Gasteiger partial charge in [0.2, 0.25) is 0 Å². The van der Waals surface area contributed by atoms with Gasteiger partial charge in [-0.05, 0) is 24.1 Å². The minimum absolute atomic E-state index is 0.0112. The van der Waals surface area contributed by atoms with Crippen LogP contribution in [0.15, 0.2) is 53.7 Å². The van der Waals surface area contributed by atoms with Crippen LogP contribution in [0, 0.1) is 0 Å². The number of hydrogen-bond donors (Lipinski definition) is 2. The van der Waals surface area contributed by atoms with Gasteiger partial charge >= 0.3 is 0 Å².